The number of carbonyl (C=O) groups excluding carboxylic acids is 2. The van der Waals surface area contributed by atoms with Gasteiger partial charge in [-0.15, -0.1) is 11.3 Å². The number of hydrogen-bond donors (Lipinski definition) is 1. The first kappa shape index (κ1) is 26.4. The molecule has 7 heteroatoms. The lowest BCUT2D eigenvalue weighted by molar-refractivity contribution is -0.124. The van der Waals surface area contributed by atoms with Crippen LogP contribution in [0.25, 0.3) is 0 Å². The second-order valence-electron chi connectivity index (χ2n) is 10.7. The number of carbonyl (C=O) groups is 2. The number of rotatable bonds is 9. The van der Waals surface area contributed by atoms with Gasteiger partial charge in [0.15, 0.2) is 0 Å². The molecule has 0 radical (unpaired) electrons. The molecular formula is C31H38N4O2S. The van der Waals surface area contributed by atoms with E-state index in [0.717, 1.165) is 49.6 Å². The number of benzene rings is 2. The highest BCUT2D eigenvalue weighted by atomic mass is 32.1. The summed E-state index contributed by atoms with van der Waals surface area (Å²) < 4.78 is 0. The maximum Gasteiger partial charge on any atom is 0.254 e. The quantitative estimate of drug-likeness (QED) is 0.395. The molecule has 6 nitrogen and oxygen atoms in total. The van der Waals surface area contributed by atoms with Crippen LogP contribution in [0.5, 0.6) is 0 Å². The molecule has 1 fully saturated rings. The Balaban J connectivity index is 1.23. The average molecular weight is 531 g/mol. The zero-order valence-corrected chi connectivity index (χ0v) is 23.2. The lowest BCUT2D eigenvalue weighted by atomic mass is 9.81. The predicted molar refractivity (Wildman–Crippen MR) is 155 cm³/mol. The maximum atomic E-state index is 13.8. The van der Waals surface area contributed by atoms with Crippen LogP contribution in [0.4, 0.5) is 5.69 Å². The van der Waals surface area contributed by atoms with Crippen molar-refractivity contribution in [1.82, 2.24) is 15.1 Å². The molecule has 1 N–H and O–H groups in total. The number of fused-ring (bicyclic) bond motifs is 1. The van der Waals surface area contributed by atoms with Crippen molar-refractivity contribution in [3.05, 3.63) is 88.1 Å². The van der Waals surface area contributed by atoms with Gasteiger partial charge in [-0.25, -0.2) is 0 Å². The third kappa shape index (κ3) is 5.79. The molecule has 0 spiro atoms. The number of para-hydroxylation sites is 1. The van der Waals surface area contributed by atoms with Crippen molar-refractivity contribution in [2.45, 2.75) is 32.2 Å². The van der Waals surface area contributed by atoms with Crippen molar-refractivity contribution in [1.29, 1.82) is 0 Å². The van der Waals surface area contributed by atoms with E-state index in [1.165, 1.54) is 5.69 Å². The van der Waals surface area contributed by atoms with Crippen LogP contribution >= 0.6 is 11.3 Å². The highest BCUT2D eigenvalue weighted by Crippen LogP contribution is 2.44. The van der Waals surface area contributed by atoms with E-state index in [0.29, 0.717) is 24.6 Å². The van der Waals surface area contributed by atoms with E-state index < -0.39 is 5.92 Å². The molecule has 0 unspecified atom stereocenters. The Kier molecular flexibility index (Phi) is 8.45. The minimum absolute atomic E-state index is 0.00556. The molecule has 38 heavy (non-hydrogen) atoms. The van der Waals surface area contributed by atoms with Crippen LogP contribution in [0.3, 0.4) is 0 Å². The number of piperazine rings is 1. The van der Waals surface area contributed by atoms with Crippen LogP contribution in [0.2, 0.25) is 0 Å². The molecule has 2 aliphatic rings. The Morgan fingerprint density at radius 3 is 2.42 bits per heavy atom. The number of nitrogens with one attached hydrogen (secondary N) is 1. The van der Waals surface area contributed by atoms with Crippen LogP contribution < -0.4 is 10.2 Å². The van der Waals surface area contributed by atoms with Crippen LogP contribution in [0.15, 0.2) is 72.1 Å². The number of nitrogens with zero attached hydrogens (tertiary/aromatic N) is 3. The third-order valence-corrected chi connectivity index (χ3v) is 8.50. The van der Waals surface area contributed by atoms with E-state index in [9.17, 15) is 9.59 Å². The number of anilines is 1. The van der Waals surface area contributed by atoms with Gasteiger partial charge < -0.3 is 15.1 Å². The highest BCUT2D eigenvalue weighted by Gasteiger charge is 2.44. The summed E-state index contributed by atoms with van der Waals surface area (Å²) in [5.74, 6) is -0.0918. The number of amides is 2. The summed E-state index contributed by atoms with van der Waals surface area (Å²) >= 11 is 1.62. The van der Waals surface area contributed by atoms with E-state index in [1.54, 1.807) is 11.3 Å². The summed E-state index contributed by atoms with van der Waals surface area (Å²) in [6.07, 6.45) is 0.906. The summed E-state index contributed by atoms with van der Waals surface area (Å²) in [5.41, 5.74) is 2.78. The van der Waals surface area contributed by atoms with Crippen molar-refractivity contribution < 1.29 is 9.59 Å². The first-order valence-corrected chi connectivity index (χ1v) is 14.6. The van der Waals surface area contributed by atoms with Gasteiger partial charge in [-0.05, 0) is 54.1 Å². The summed E-state index contributed by atoms with van der Waals surface area (Å²) in [4.78, 5) is 35.3. The molecule has 1 aromatic heterocycles. The second kappa shape index (κ2) is 12.1. The minimum Gasteiger partial charge on any atom is -0.369 e. The van der Waals surface area contributed by atoms with Gasteiger partial charge in [0.05, 0.1) is 12.0 Å². The van der Waals surface area contributed by atoms with Crippen molar-refractivity contribution >= 4 is 28.8 Å². The zero-order chi connectivity index (χ0) is 26.5. The summed E-state index contributed by atoms with van der Waals surface area (Å²) in [6, 6.07) is 22.0. The fourth-order valence-corrected chi connectivity index (χ4v) is 6.61. The van der Waals surface area contributed by atoms with E-state index in [1.807, 2.05) is 40.6 Å². The van der Waals surface area contributed by atoms with Crippen molar-refractivity contribution in [3.8, 4) is 0 Å². The van der Waals surface area contributed by atoms with Crippen LogP contribution in [-0.2, 0) is 4.79 Å². The first-order chi connectivity index (χ1) is 18.5. The molecule has 200 valence electrons. The molecule has 2 aliphatic heterocycles. The zero-order valence-electron chi connectivity index (χ0n) is 22.4. The summed E-state index contributed by atoms with van der Waals surface area (Å²) in [6.45, 7) is 10.6. The SMILES string of the molecule is CC(C)CN1C(=O)c2ccccc2[C@H](C(=O)NCCCN2CCN(c3ccccc3)CC2)[C@H]1c1cccs1. The molecule has 1 saturated heterocycles. The first-order valence-electron chi connectivity index (χ1n) is 13.8. The smallest absolute Gasteiger partial charge is 0.254 e. The largest absolute Gasteiger partial charge is 0.369 e. The lowest BCUT2D eigenvalue weighted by Gasteiger charge is -2.42. The van der Waals surface area contributed by atoms with Gasteiger partial charge in [0.2, 0.25) is 5.91 Å². The highest BCUT2D eigenvalue weighted by molar-refractivity contribution is 7.10. The monoisotopic (exact) mass is 530 g/mol. The number of thiophene rings is 1. The van der Waals surface area contributed by atoms with Gasteiger partial charge >= 0.3 is 0 Å². The van der Waals surface area contributed by atoms with Crippen molar-refractivity contribution in [2.75, 3.05) is 50.7 Å². The molecule has 3 aromatic rings. The molecule has 5 rings (SSSR count). The Labute approximate surface area is 230 Å². The van der Waals surface area contributed by atoms with Crippen molar-refractivity contribution in [3.63, 3.8) is 0 Å². The lowest BCUT2D eigenvalue weighted by Crippen LogP contribution is -2.49. The molecule has 2 amide bonds. The molecule has 2 aromatic carbocycles. The molecule has 2 atom stereocenters. The topological polar surface area (TPSA) is 55.9 Å². The number of hydrogen-bond acceptors (Lipinski definition) is 5. The van der Waals surface area contributed by atoms with Gasteiger partial charge in [0, 0.05) is 55.4 Å². The van der Waals surface area contributed by atoms with E-state index >= 15 is 0 Å². The normalized spacial score (nSPS) is 20.0. The fourth-order valence-electron chi connectivity index (χ4n) is 5.74. The van der Waals surface area contributed by atoms with E-state index in [2.05, 4.69) is 65.4 Å². The Hall–Kier alpha value is -3.16. The third-order valence-electron chi connectivity index (χ3n) is 7.56. The van der Waals surface area contributed by atoms with E-state index in [4.69, 9.17) is 0 Å². The Bertz CT molecular complexity index is 1210. The Morgan fingerprint density at radius 1 is 0.974 bits per heavy atom. The van der Waals surface area contributed by atoms with Crippen LogP contribution in [0, 0.1) is 5.92 Å². The van der Waals surface area contributed by atoms with Gasteiger partial charge in [-0.2, -0.15) is 0 Å². The molecular weight excluding hydrogens is 492 g/mol. The maximum absolute atomic E-state index is 13.8. The molecule has 0 bridgehead atoms. The molecule has 0 aliphatic carbocycles. The average Bonchev–Trinajstić information content (AvgIpc) is 3.48. The standard InChI is InChI=1S/C31H38N4O2S/c1-23(2)22-35-29(27-14-8-21-38-27)28(25-12-6-7-13-26(25)31(35)37)30(36)32-15-9-16-33-17-19-34(20-18-33)24-10-4-3-5-11-24/h3-8,10-14,21,23,28-29H,9,15-20,22H2,1-2H3,(H,32,36)/t28-,29+/m0/s1. The fraction of sp³-hybridized carbons (Fsp3) is 0.419. The van der Waals surface area contributed by atoms with Gasteiger partial charge in [-0.1, -0.05) is 56.3 Å². The van der Waals surface area contributed by atoms with Gasteiger partial charge in [0.1, 0.15) is 0 Å². The van der Waals surface area contributed by atoms with Gasteiger partial charge in [-0.3, -0.25) is 14.5 Å². The molecule has 3 heterocycles. The van der Waals surface area contributed by atoms with Crippen LogP contribution in [0.1, 0.15) is 53.0 Å². The predicted octanol–water partition coefficient (Wildman–Crippen LogP) is 5.01. The van der Waals surface area contributed by atoms with Crippen molar-refractivity contribution in [2.24, 2.45) is 5.92 Å². The second-order valence-corrected chi connectivity index (χ2v) is 11.7. The molecule has 0 saturated carbocycles. The van der Waals surface area contributed by atoms with E-state index in [-0.39, 0.29) is 17.9 Å². The van der Waals surface area contributed by atoms with Gasteiger partial charge in [0.25, 0.3) is 5.91 Å². The minimum atomic E-state index is -0.421. The van der Waals surface area contributed by atoms with Crippen LogP contribution in [-0.4, -0.2) is 67.4 Å². The Morgan fingerprint density at radius 2 is 1.71 bits per heavy atom. The summed E-state index contributed by atoms with van der Waals surface area (Å²) in [5, 5.41) is 5.27. The summed E-state index contributed by atoms with van der Waals surface area (Å²) in [7, 11) is 0.